The highest BCUT2D eigenvalue weighted by Crippen LogP contribution is 2.13. The number of hydrogen-bond donors (Lipinski definition) is 2. The summed E-state index contributed by atoms with van der Waals surface area (Å²) >= 11 is 0. The fourth-order valence-corrected chi connectivity index (χ4v) is 2.51. The average molecular weight is 285 g/mol. The van der Waals surface area contributed by atoms with Crippen LogP contribution in [0.5, 0.6) is 0 Å². The molecular formula is C17H35NO2. The monoisotopic (exact) mass is 285 g/mol. The number of aliphatic hydroxyl groups excluding tert-OH is 1. The first-order valence-electron chi connectivity index (χ1n) is 8.63. The van der Waals surface area contributed by atoms with E-state index in [4.69, 9.17) is 5.73 Å². The molecule has 0 saturated carbocycles. The Labute approximate surface area is 125 Å². The van der Waals surface area contributed by atoms with Crippen LogP contribution >= 0.6 is 0 Å². The molecule has 0 aliphatic rings. The number of primary amides is 1. The molecule has 0 aromatic rings. The van der Waals surface area contributed by atoms with Crippen molar-refractivity contribution in [2.75, 3.05) is 0 Å². The van der Waals surface area contributed by atoms with Crippen LogP contribution in [-0.2, 0) is 4.79 Å². The number of hydrogen-bond acceptors (Lipinski definition) is 2. The minimum absolute atomic E-state index is 0.0811. The maximum absolute atomic E-state index is 10.5. The summed E-state index contributed by atoms with van der Waals surface area (Å²) in [7, 11) is 0. The molecule has 3 nitrogen and oxygen atoms in total. The highest BCUT2D eigenvalue weighted by atomic mass is 16.3. The van der Waals surface area contributed by atoms with Crippen LogP contribution in [-0.4, -0.2) is 17.1 Å². The van der Waals surface area contributed by atoms with Crippen LogP contribution in [0.2, 0.25) is 0 Å². The second kappa shape index (κ2) is 14.8. The minimum Gasteiger partial charge on any atom is -0.393 e. The van der Waals surface area contributed by atoms with Crippen molar-refractivity contribution in [3.8, 4) is 0 Å². The molecule has 20 heavy (non-hydrogen) atoms. The van der Waals surface area contributed by atoms with Crippen LogP contribution in [0.25, 0.3) is 0 Å². The Morgan fingerprint density at radius 2 is 1.30 bits per heavy atom. The van der Waals surface area contributed by atoms with Gasteiger partial charge in [0.15, 0.2) is 0 Å². The number of aliphatic hydroxyl groups is 1. The number of rotatable bonds is 15. The Bertz CT molecular complexity index is 219. The van der Waals surface area contributed by atoms with Gasteiger partial charge in [-0.15, -0.1) is 0 Å². The van der Waals surface area contributed by atoms with Crippen LogP contribution in [0.15, 0.2) is 0 Å². The van der Waals surface area contributed by atoms with Gasteiger partial charge in [-0.25, -0.2) is 0 Å². The van der Waals surface area contributed by atoms with E-state index in [-0.39, 0.29) is 12.0 Å². The zero-order chi connectivity index (χ0) is 15.1. The third-order valence-electron chi connectivity index (χ3n) is 3.85. The standard InChI is InChI=1S/C17H35NO2/c1-2-3-4-10-13-16(19)14-11-8-6-5-7-9-12-15-17(18)20/h16,19H,2-15H2,1H3,(H2,18,20). The third kappa shape index (κ3) is 15.5. The normalized spacial score (nSPS) is 12.5. The number of unbranched alkanes of at least 4 members (excludes halogenated alkanes) is 9. The molecule has 3 N–H and O–H groups in total. The van der Waals surface area contributed by atoms with Gasteiger partial charge in [0.25, 0.3) is 0 Å². The fourth-order valence-electron chi connectivity index (χ4n) is 2.51. The molecule has 0 fully saturated rings. The Hall–Kier alpha value is -0.570. The first kappa shape index (κ1) is 19.4. The topological polar surface area (TPSA) is 63.3 Å². The Balaban J connectivity index is 3.13. The molecule has 0 aromatic carbocycles. The molecule has 1 atom stereocenters. The van der Waals surface area contributed by atoms with E-state index < -0.39 is 0 Å². The number of carbonyl (C=O) groups is 1. The molecule has 0 heterocycles. The molecule has 0 bridgehead atoms. The van der Waals surface area contributed by atoms with E-state index in [1.54, 1.807) is 0 Å². The van der Waals surface area contributed by atoms with Gasteiger partial charge in [-0.3, -0.25) is 4.79 Å². The largest absolute Gasteiger partial charge is 0.393 e. The van der Waals surface area contributed by atoms with Crippen molar-refractivity contribution in [3.63, 3.8) is 0 Å². The molecule has 0 radical (unpaired) electrons. The summed E-state index contributed by atoms with van der Waals surface area (Å²) in [4.78, 5) is 10.5. The third-order valence-corrected chi connectivity index (χ3v) is 3.85. The second-order valence-electron chi connectivity index (χ2n) is 5.98. The van der Waals surface area contributed by atoms with E-state index in [1.807, 2.05) is 0 Å². The smallest absolute Gasteiger partial charge is 0.217 e. The predicted molar refractivity (Wildman–Crippen MR) is 85.5 cm³/mol. The molecule has 3 heteroatoms. The number of carbonyl (C=O) groups excluding carboxylic acids is 1. The van der Waals surface area contributed by atoms with E-state index in [1.165, 1.54) is 51.4 Å². The van der Waals surface area contributed by atoms with E-state index >= 15 is 0 Å². The number of nitrogens with two attached hydrogens (primary N) is 1. The van der Waals surface area contributed by atoms with Gasteiger partial charge in [0.2, 0.25) is 5.91 Å². The Kier molecular flexibility index (Phi) is 14.4. The van der Waals surface area contributed by atoms with Crippen LogP contribution in [0, 0.1) is 0 Å². The Morgan fingerprint density at radius 1 is 0.850 bits per heavy atom. The molecular weight excluding hydrogens is 250 g/mol. The second-order valence-corrected chi connectivity index (χ2v) is 5.98. The van der Waals surface area contributed by atoms with Crippen molar-refractivity contribution in [2.24, 2.45) is 5.73 Å². The highest BCUT2D eigenvalue weighted by molar-refractivity contribution is 5.73. The molecule has 1 amide bonds. The lowest BCUT2D eigenvalue weighted by Gasteiger charge is -2.10. The van der Waals surface area contributed by atoms with Crippen molar-refractivity contribution in [3.05, 3.63) is 0 Å². The highest BCUT2D eigenvalue weighted by Gasteiger charge is 2.03. The van der Waals surface area contributed by atoms with Gasteiger partial charge >= 0.3 is 0 Å². The van der Waals surface area contributed by atoms with E-state index in [0.29, 0.717) is 6.42 Å². The summed E-state index contributed by atoms with van der Waals surface area (Å²) in [5.74, 6) is -0.182. The van der Waals surface area contributed by atoms with Crippen molar-refractivity contribution in [1.29, 1.82) is 0 Å². The van der Waals surface area contributed by atoms with Crippen LogP contribution in [0.3, 0.4) is 0 Å². The van der Waals surface area contributed by atoms with Crippen LogP contribution in [0.1, 0.15) is 96.8 Å². The minimum atomic E-state index is -0.182. The maximum Gasteiger partial charge on any atom is 0.217 e. The molecule has 0 spiro atoms. The summed E-state index contributed by atoms with van der Waals surface area (Å²) in [5.41, 5.74) is 5.09. The summed E-state index contributed by atoms with van der Waals surface area (Å²) in [6.45, 7) is 2.21. The first-order valence-corrected chi connectivity index (χ1v) is 8.63. The zero-order valence-corrected chi connectivity index (χ0v) is 13.4. The van der Waals surface area contributed by atoms with Crippen molar-refractivity contribution >= 4 is 5.91 Å². The first-order chi connectivity index (χ1) is 9.66. The van der Waals surface area contributed by atoms with Gasteiger partial charge in [0.1, 0.15) is 0 Å². The van der Waals surface area contributed by atoms with E-state index in [9.17, 15) is 9.90 Å². The summed E-state index contributed by atoms with van der Waals surface area (Å²) < 4.78 is 0. The quantitative estimate of drug-likeness (QED) is 0.440. The predicted octanol–water partition coefficient (Wildman–Crippen LogP) is 4.31. The lowest BCUT2D eigenvalue weighted by atomic mass is 10.0. The summed E-state index contributed by atoms with van der Waals surface area (Å²) in [6.07, 6.45) is 15.5. The van der Waals surface area contributed by atoms with Crippen molar-refractivity contribution in [2.45, 2.75) is 103 Å². The Morgan fingerprint density at radius 3 is 1.80 bits per heavy atom. The lowest BCUT2D eigenvalue weighted by Crippen LogP contribution is -2.09. The molecule has 0 aliphatic carbocycles. The van der Waals surface area contributed by atoms with E-state index in [2.05, 4.69) is 6.92 Å². The molecule has 1 unspecified atom stereocenters. The molecule has 0 aliphatic heterocycles. The zero-order valence-electron chi connectivity index (χ0n) is 13.4. The molecule has 0 aromatic heterocycles. The average Bonchev–Trinajstić information content (AvgIpc) is 2.41. The van der Waals surface area contributed by atoms with Crippen molar-refractivity contribution in [1.82, 2.24) is 0 Å². The lowest BCUT2D eigenvalue weighted by molar-refractivity contribution is -0.118. The van der Waals surface area contributed by atoms with Crippen molar-refractivity contribution < 1.29 is 9.90 Å². The van der Waals surface area contributed by atoms with Gasteiger partial charge in [-0.05, 0) is 19.3 Å². The summed E-state index contributed by atoms with van der Waals surface area (Å²) in [5, 5.41) is 9.83. The molecule has 0 saturated heterocycles. The molecule has 120 valence electrons. The maximum atomic E-state index is 10.5. The van der Waals surface area contributed by atoms with Gasteiger partial charge in [0, 0.05) is 6.42 Å². The van der Waals surface area contributed by atoms with Crippen LogP contribution < -0.4 is 5.73 Å². The van der Waals surface area contributed by atoms with Gasteiger partial charge in [-0.2, -0.15) is 0 Å². The summed E-state index contributed by atoms with van der Waals surface area (Å²) in [6, 6.07) is 0. The molecule has 0 rings (SSSR count). The SMILES string of the molecule is CCCCCCC(O)CCCCCCCCCC(N)=O. The van der Waals surface area contributed by atoms with Crippen LogP contribution in [0.4, 0.5) is 0 Å². The fraction of sp³-hybridized carbons (Fsp3) is 0.941. The van der Waals surface area contributed by atoms with Gasteiger partial charge in [-0.1, -0.05) is 71.1 Å². The van der Waals surface area contributed by atoms with Gasteiger partial charge < -0.3 is 10.8 Å². The number of amides is 1. The van der Waals surface area contributed by atoms with E-state index in [0.717, 1.165) is 32.1 Å². The van der Waals surface area contributed by atoms with Gasteiger partial charge in [0.05, 0.1) is 6.10 Å².